The first-order valence-corrected chi connectivity index (χ1v) is 6.15. The van der Waals surface area contributed by atoms with Crippen LogP contribution in [0.25, 0.3) is 0 Å². The van der Waals surface area contributed by atoms with E-state index in [-0.39, 0.29) is 0 Å². The summed E-state index contributed by atoms with van der Waals surface area (Å²) in [6, 6.07) is 0.397. The van der Waals surface area contributed by atoms with Crippen LogP contribution in [0.5, 0.6) is 0 Å². The number of hydrogen-bond donors (Lipinski definition) is 1. The highest BCUT2D eigenvalue weighted by molar-refractivity contribution is 4.76. The van der Waals surface area contributed by atoms with Crippen LogP contribution in [-0.2, 0) is 0 Å². The highest BCUT2D eigenvalue weighted by Crippen LogP contribution is 2.17. The molecule has 1 unspecified atom stereocenters. The number of nitrogens with zero attached hydrogens (tertiary/aromatic N) is 2. The molecule has 1 saturated heterocycles. The van der Waals surface area contributed by atoms with Crippen molar-refractivity contribution in [3.8, 4) is 0 Å². The molecule has 6 heteroatoms. The van der Waals surface area contributed by atoms with Crippen LogP contribution in [0, 0.1) is 0 Å². The molecule has 17 heavy (non-hydrogen) atoms. The summed E-state index contributed by atoms with van der Waals surface area (Å²) in [5, 5.41) is 3.31. The first-order chi connectivity index (χ1) is 7.90. The van der Waals surface area contributed by atoms with Crippen LogP contribution in [0.4, 0.5) is 13.2 Å². The van der Waals surface area contributed by atoms with Gasteiger partial charge in [-0.05, 0) is 13.5 Å². The van der Waals surface area contributed by atoms with E-state index >= 15 is 0 Å². The van der Waals surface area contributed by atoms with Crippen molar-refractivity contribution in [3.63, 3.8) is 0 Å². The summed E-state index contributed by atoms with van der Waals surface area (Å²) in [7, 11) is 0. The molecule has 1 heterocycles. The molecule has 0 aromatic carbocycles. The minimum absolute atomic E-state index is 0.397. The van der Waals surface area contributed by atoms with Gasteiger partial charge in [0.05, 0.1) is 6.54 Å². The van der Waals surface area contributed by atoms with Gasteiger partial charge >= 0.3 is 6.18 Å². The van der Waals surface area contributed by atoms with Gasteiger partial charge in [-0.2, -0.15) is 13.2 Å². The Hall–Kier alpha value is -0.330. The molecule has 1 fully saturated rings. The maximum atomic E-state index is 12.2. The summed E-state index contributed by atoms with van der Waals surface area (Å²) >= 11 is 0. The molecule has 0 radical (unpaired) electrons. The van der Waals surface area contributed by atoms with Gasteiger partial charge in [0.15, 0.2) is 0 Å². The average Bonchev–Trinajstić information content (AvgIpc) is 2.19. The SMILES string of the molecule is CCNC(C)CN1CCN(CC(F)(F)F)CC1. The average molecular weight is 253 g/mol. The molecule has 0 aromatic rings. The Morgan fingerprint density at radius 3 is 2.12 bits per heavy atom. The van der Waals surface area contributed by atoms with E-state index in [9.17, 15) is 13.2 Å². The van der Waals surface area contributed by atoms with E-state index < -0.39 is 12.7 Å². The number of hydrogen-bond acceptors (Lipinski definition) is 3. The smallest absolute Gasteiger partial charge is 0.313 e. The normalized spacial score (nSPS) is 21.7. The molecular formula is C11H22F3N3. The molecule has 102 valence electrons. The summed E-state index contributed by atoms with van der Waals surface area (Å²) in [5.74, 6) is 0. The lowest BCUT2D eigenvalue weighted by molar-refractivity contribution is -0.149. The number of piperazine rings is 1. The molecule has 1 rings (SSSR count). The van der Waals surface area contributed by atoms with Crippen molar-refractivity contribution in [1.82, 2.24) is 15.1 Å². The van der Waals surface area contributed by atoms with E-state index in [4.69, 9.17) is 0 Å². The van der Waals surface area contributed by atoms with Crippen molar-refractivity contribution in [1.29, 1.82) is 0 Å². The molecule has 1 N–H and O–H groups in total. The second-order valence-corrected chi connectivity index (χ2v) is 4.65. The first kappa shape index (κ1) is 14.7. The van der Waals surface area contributed by atoms with Crippen LogP contribution in [0.1, 0.15) is 13.8 Å². The minimum atomic E-state index is -4.07. The third kappa shape index (κ3) is 6.24. The van der Waals surface area contributed by atoms with Crippen LogP contribution in [-0.4, -0.2) is 67.8 Å². The molecule has 1 atom stereocenters. The Morgan fingerprint density at radius 1 is 1.12 bits per heavy atom. The number of likely N-dealkylation sites (N-methyl/N-ethyl adjacent to an activating group) is 1. The topological polar surface area (TPSA) is 18.5 Å². The Kier molecular flexibility index (Phi) is 5.69. The lowest BCUT2D eigenvalue weighted by Crippen LogP contribution is -2.51. The molecule has 0 aliphatic carbocycles. The maximum absolute atomic E-state index is 12.2. The van der Waals surface area contributed by atoms with Gasteiger partial charge in [0.2, 0.25) is 0 Å². The van der Waals surface area contributed by atoms with Gasteiger partial charge in [0.1, 0.15) is 0 Å². The van der Waals surface area contributed by atoms with Crippen LogP contribution in [0.15, 0.2) is 0 Å². The Balaban J connectivity index is 2.21. The van der Waals surface area contributed by atoms with Gasteiger partial charge < -0.3 is 5.32 Å². The molecule has 3 nitrogen and oxygen atoms in total. The largest absolute Gasteiger partial charge is 0.401 e. The van der Waals surface area contributed by atoms with Gasteiger partial charge in [-0.25, -0.2) is 0 Å². The summed E-state index contributed by atoms with van der Waals surface area (Å²) < 4.78 is 36.5. The summed E-state index contributed by atoms with van der Waals surface area (Å²) in [4.78, 5) is 3.70. The van der Waals surface area contributed by atoms with E-state index in [0.717, 1.165) is 26.2 Å². The Labute approximate surface area is 101 Å². The van der Waals surface area contributed by atoms with Crippen molar-refractivity contribution in [2.45, 2.75) is 26.1 Å². The van der Waals surface area contributed by atoms with Crippen LogP contribution >= 0.6 is 0 Å². The van der Waals surface area contributed by atoms with Crippen molar-refractivity contribution in [3.05, 3.63) is 0 Å². The lowest BCUT2D eigenvalue weighted by atomic mass is 10.2. The Morgan fingerprint density at radius 2 is 1.65 bits per heavy atom. The maximum Gasteiger partial charge on any atom is 0.401 e. The standard InChI is InChI=1S/C11H22F3N3/c1-3-15-10(2)8-16-4-6-17(7-5-16)9-11(12,13)14/h10,15H,3-9H2,1-2H3. The number of rotatable bonds is 5. The zero-order valence-corrected chi connectivity index (χ0v) is 10.6. The fourth-order valence-electron chi connectivity index (χ4n) is 2.18. The summed E-state index contributed by atoms with van der Waals surface area (Å²) in [6.07, 6.45) is -4.07. The molecule has 0 aromatic heterocycles. The quantitative estimate of drug-likeness (QED) is 0.793. The minimum Gasteiger partial charge on any atom is -0.313 e. The Bertz CT molecular complexity index is 212. The first-order valence-electron chi connectivity index (χ1n) is 6.15. The summed E-state index contributed by atoms with van der Waals surface area (Å²) in [6.45, 7) is 7.70. The van der Waals surface area contributed by atoms with E-state index in [2.05, 4.69) is 24.1 Å². The monoisotopic (exact) mass is 253 g/mol. The van der Waals surface area contributed by atoms with Crippen molar-refractivity contribution in [2.75, 3.05) is 45.8 Å². The molecule has 0 saturated carbocycles. The molecule has 1 aliphatic heterocycles. The van der Waals surface area contributed by atoms with Crippen molar-refractivity contribution in [2.24, 2.45) is 0 Å². The fraction of sp³-hybridized carbons (Fsp3) is 1.00. The van der Waals surface area contributed by atoms with Crippen molar-refractivity contribution >= 4 is 0 Å². The predicted octanol–water partition coefficient (Wildman–Crippen LogP) is 1.16. The van der Waals surface area contributed by atoms with Gasteiger partial charge in [-0.3, -0.25) is 9.80 Å². The van der Waals surface area contributed by atoms with E-state index in [1.54, 1.807) is 0 Å². The van der Waals surface area contributed by atoms with Gasteiger partial charge in [0, 0.05) is 38.8 Å². The number of alkyl halides is 3. The van der Waals surface area contributed by atoms with Crippen LogP contribution < -0.4 is 5.32 Å². The fourth-order valence-corrected chi connectivity index (χ4v) is 2.18. The van der Waals surface area contributed by atoms with Crippen LogP contribution in [0.2, 0.25) is 0 Å². The lowest BCUT2D eigenvalue weighted by Gasteiger charge is -2.36. The second-order valence-electron chi connectivity index (χ2n) is 4.65. The van der Waals surface area contributed by atoms with Gasteiger partial charge in [-0.1, -0.05) is 6.92 Å². The molecule has 1 aliphatic rings. The van der Waals surface area contributed by atoms with E-state index in [1.807, 2.05) is 0 Å². The highest BCUT2D eigenvalue weighted by Gasteiger charge is 2.32. The zero-order valence-electron chi connectivity index (χ0n) is 10.6. The molecule has 0 spiro atoms. The predicted molar refractivity (Wildman–Crippen MR) is 62.1 cm³/mol. The van der Waals surface area contributed by atoms with Gasteiger partial charge in [0.25, 0.3) is 0 Å². The van der Waals surface area contributed by atoms with Crippen molar-refractivity contribution < 1.29 is 13.2 Å². The van der Waals surface area contributed by atoms with Gasteiger partial charge in [-0.15, -0.1) is 0 Å². The van der Waals surface area contributed by atoms with E-state index in [0.29, 0.717) is 19.1 Å². The van der Waals surface area contributed by atoms with E-state index in [1.165, 1.54) is 4.90 Å². The zero-order chi connectivity index (χ0) is 12.9. The third-order valence-electron chi connectivity index (χ3n) is 2.95. The molecule has 0 amide bonds. The summed E-state index contributed by atoms with van der Waals surface area (Å²) in [5.41, 5.74) is 0. The third-order valence-corrected chi connectivity index (χ3v) is 2.95. The molecule has 0 bridgehead atoms. The number of halogens is 3. The second kappa shape index (κ2) is 6.56. The number of nitrogens with one attached hydrogen (secondary N) is 1. The molecular weight excluding hydrogens is 231 g/mol. The van der Waals surface area contributed by atoms with Crippen LogP contribution in [0.3, 0.4) is 0 Å². The highest BCUT2D eigenvalue weighted by atomic mass is 19.4.